The van der Waals surface area contributed by atoms with Crippen molar-refractivity contribution >= 4 is 5.84 Å². The van der Waals surface area contributed by atoms with Gasteiger partial charge in [-0.3, -0.25) is 5.41 Å². The summed E-state index contributed by atoms with van der Waals surface area (Å²) in [7, 11) is 0. The van der Waals surface area contributed by atoms with Crippen LogP contribution in [0.25, 0.3) is 0 Å². The minimum atomic E-state index is 0.0995. The Morgan fingerprint density at radius 2 is 1.25 bits per heavy atom. The predicted octanol–water partition coefficient (Wildman–Crippen LogP) is 6.05. The lowest BCUT2D eigenvalue weighted by atomic mass is 10.1. The number of ether oxygens (including phenoxy) is 1. The van der Waals surface area contributed by atoms with Gasteiger partial charge in [0.15, 0.2) is 0 Å². The summed E-state index contributed by atoms with van der Waals surface area (Å²) in [6.45, 7) is 3.05. The molecule has 0 aromatic heterocycles. The van der Waals surface area contributed by atoms with Crippen LogP contribution in [0.1, 0.15) is 89.5 Å². The van der Waals surface area contributed by atoms with Crippen molar-refractivity contribution in [2.45, 2.75) is 84.0 Å². The summed E-state index contributed by atoms with van der Waals surface area (Å²) in [5.41, 5.74) is 6.18. The Labute approximate surface area is 148 Å². The lowest BCUT2D eigenvalue weighted by Crippen LogP contribution is -2.10. The van der Waals surface area contributed by atoms with Gasteiger partial charge < -0.3 is 10.5 Å². The van der Waals surface area contributed by atoms with Gasteiger partial charge in [0, 0.05) is 5.56 Å². The third-order valence-electron chi connectivity index (χ3n) is 4.43. The van der Waals surface area contributed by atoms with E-state index in [9.17, 15) is 0 Å². The van der Waals surface area contributed by atoms with Crippen LogP contribution in [0.2, 0.25) is 0 Å². The second kappa shape index (κ2) is 13.9. The molecule has 0 amide bonds. The summed E-state index contributed by atoms with van der Waals surface area (Å²) < 4.78 is 5.72. The Bertz CT molecular complexity index is 428. The minimum Gasteiger partial charge on any atom is -0.494 e. The highest BCUT2D eigenvalue weighted by Gasteiger charge is 1.98. The Hall–Kier alpha value is -1.51. The second-order valence-corrected chi connectivity index (χ2v) is 6.68. The molecular formula is C21H36N2O. The summed E-state index contributed by atoms with van der Waals surface area (Å²) in [6.07, 6.45) is 16.3. The van der Waals surface area contributed by atoms with Crippen molar-refractivity contribution in [3.05, 3.63) is 29.8 Å². The van der Waals surface area contributed by atoms with Crippen molar-refractivity contribution in [1.29, 1.82) is 5.41 Å². The molecule has 0 fully saturated rings. The monoisotopic (exact) mass is 332 g/mol. The molecule has 0 spiro atoms. The number of nitrogens with one attached hydrogen (secondary N) is 1. The molecular weight excluding hydrogens is 296 g/mol. The van der Waals surface area contributed by atoms with Crippen LogP contribution in [0.5, 0.6) is 5.75 Å². The highest BCUT2D eigenvalue weighted by Crippen LogP contribution is 2.14. The standard InChI is InChI=1S/C21H36N2O/c1-2-3-4-5-6-7-8-9-10-11-12-13-18-24-20-16-14-19(15-17-20)21(22)23/h14-17H,2-13,18H2,1H3,(H3,22,23). The molecule has 0 radical (unpaired) electrons. The first-order valence-electron chi connectivity index (χ1n) is 9.81. The van der Waals surface area contributed by atoms with E-state index in [0.717, 1.165) is 24.3 Å². The molecule has 1 aromatic rings. The fraction of sp³-hybridized carbons (Fsp3) is 0.667. The quantitative estimate of drug-likeness (QED) is 0.233. The van der Waals surface area contributed by atoms with Crippen molar-refractivity contribution in [2.75, 3.05) is 6.61 Å². The molecule has 3 N–H and O–H groups in total. The van der Waals surface area contributed by atoms with E-state index in [1.54, 1.807) is 0 Å². The lowest BCUT2D eigenvalue weighted by Gasteiger charge is -2.07. The van der Waals surface area contributed by atoms with Crippen molar-refractivity contribution in [2.24, 2.45) is 5.73 Å². The van der Waals surface area contributed by atoms with E-state index in [0.29, 0.717) is 0 Å². The van der Waals surface area contributed by atoms with Gasteiger partial charge in [-0.15, -0.1) is 0 Å². The van der Waals surface area contributed by atoms with Gasteiger partial charge in [0.25, 0.3) is 0 Å². The Morgan fingerprint density at radius 3 is 1.71 bits per heavy atom. The summed E-state index contributed by atoms with van der Waals surface area (Å²) >= 11 is 0. The van der Waals surface area contributed by atoms with E-state index in [2.05, 4.69) is 6.92 Å². The van der Waals surface area contributed by atoms with E-state index >= 15 is 0 Å². The topological polar surface area (TPSA) is 59.1 Å². The van der Waals surface area contributed by atoms with Gasteiger partial charge in [-0.25, -0.2) is 0 Å². The van der Waals surface area contributed by atoms with Gasteiger partial charge in [0.1, 0.15) is 11.6 Å². The molecule has 0 bridgehead atoms. The largest absolute Gasteiger partial charge is 0.494 e. The molecule has 3 heteroatoms. The summed E-state index contributed by atoms with van der Waals surface area (Å²) in [4.78, 5) is 0. The molecule has 1 rings (SSSR count). The van der Waals surface area contributed by atoms with Gasteiger partial charge in [-0.2, -0.15) is 0 Å². The number of unbranched alkanes of at least 4 members (excludes halogenated alkanes) is 11. The molecule has 3 nitrogen and oxygen atoms in total. The summed E-state index contributed by atoms with van der Waals surface area (Å²) in [5.74, 6) is 0.964. The van der Waals surface area contributed by atoms with Crippen molar-refractivity contribution in [1.82, 2.24) is 0 Å². The molecule has 1 aromatic carbocycles. The van der Waals surface area contributed by atoms with Crippen molar-refractivity contribution in [3.63, 3.8) is 0 Å². The van der Waals surface area contributed by atoms with Gasteiger partial charge in [-0.05, 0) is 30.7 Å². The van der Waals surface area contributed by atoms with E-state index in [1.807, 2.05) is 24.3 Å². The zero-order valence-corrected chi connectivity index (χ0v) is 15.5. The molecule has 0 aliphatic rings. The molecule has 0 aliphatic carbocycles. The van der Waals surface area contributed by atoms with Crippen LogP contribution in [-0.4, -0.2) is 12.4 Å². The Kier molecular flexibility index (Phi) is 11.9. The second-order valence-electron chi connectivity index (χ2n) is 6.68. The number of nitrogen functional groups attached to an aromatic ring is 1. The van der Waals surface area contributed by atoms with Gasteiger partial charge in [0.05, 0.1) is 6.61 Å². The Morgan fingerprint density at radius 1 is 0.792 bits per heavy atom. The summed E-state index contributed by atoms with van der Waals surface area (Å²) in [6, 6.07) is 7.44. The number of nitrogens with two attached hydrogens (primary N) is 1. The van der Waals surface area contributed by atoms with Crippen LogP contribution in [0.15, 0.2) is 24.3 Å². The fourth-order valence-corrected chi connectivity index (χ4v) is 2.86. The zero-order chi connectivity index (χ0) is 17.5. The van der Waals surface area contributed by atoms with Crippen molar-refractivity contribution in [3.8, 4) is 5.75 Å². The van der Waals surface area contributed by atoms with Crippen LogP contribution in [0.4, 0.5) is 0 Å². The average molecular weight is 333 g/mol. The maximum Gasteiger partial charge on any atom is 0.122 e. The molecule has 0 heterocycles. The fourth-order valence-electron chi connectivity index (χ4n) is 2.86. The molecule has 0 saturated heterocycles. The molecule has 0 saturated carbocycles. The first kappa shape index (κ1) is 20.5. The van der Waals surface area contributed by atoms with Gasteiger partial charge >= 0.3 is 0 Å². The molecule has 24 heavy (non-hydrogen) atoms. The predicted molar refractivity (Wildman–Crippen MR) is 104 cm³/mol. The van der Waals surface area contributed by atoms with Crippen molar-refractivity contribution < 1.29 is 4.74 Å². The smallest absolute Gasteiger partial charge is 0.122 e. The summed E-state index contributed by atoms with van der Waals surface area (Å²) in [5, 5.41) is 7.36. The van der Waals surface area contributed by atoms with E-state index < -0.39 is 0 Å². The normalized spacial score (nSPS) is 10.7. The van der Waals surface area contributed by atoms with Crippen LogP contribution in [0, 0.1) is 5.41 Å². The number of hydrogen-bond acceptors (Lipinski definition) is 2. The van der Waals surface area contributed by atoms with Gasteiger partial charge in [-0.1, -0.05) is 77.6 Å². The molecule has 0 atom stereocenters. The maximum atomic E-state index is 7.36. The van der Waals surface area contributed by atoms with E-state index in [-0.39, 0.29) is 5.84 Å². The third kappa shape index (κ3) is 10.3. The SMILES string of the molecule is CCCCCCCCCCCCCCOc1ccc(C(=N)N)cc1. The first-order valence-corrected chi connectivity index (χ1v) is 9.81. The first-order chi connectivity index (χ1) is 11.7. The minimum absolute atomic E-state index is 0.0995. The average Bonchev–Trinajstić information content (AvgIpc) is 2.59. The highest BCUT2D eigenvalue weighted by atomic mass is 16.5. The number of rotatable bonds is 15. The molecule has 0 aliphatic heterocycles. The van der Waals surface area contributed by atoms with Gasteiger partial charge in [0.2, 0.25) is 0 Å². The van der Waals surface area contributed by atoms with E-state index in [4.69, 9.17) is 15.9 Å². The molecule has 136 valence electrons. The molecule has 0 unspecified atom stereocenters. The highest BCUT2D eigenvalue weighted by molar-refractivity contribution is 5.94. The van der Waals surface area contributed by atoms with E-state index in [1.165, 1.54) is 70.6 Å². The van der Waals surface area contributed by atoms with Crippen LogP contribution < -0.4 is 10.5 Å². The third-order valence-corrected chi connectivity index (χ3v) is 4.43. The number of benzene rings is 1. The lowest BCUT2D eigenvalue weighted by molar-refractivity contribution is 0.304. The zero-order valence-electron chi connectivity index (χ0n) is 15.5. The van der Waals surface area contributed by atoms with Crippen LogP contribution in [0.3, 0.4) is 0 Å². The van der Waals surface area contributed by atoms with Crippen LogP contribution >= 0.6 is 0 Å². The number of amidine groups is 1. The Balaban J connectivity index is 1.87. The van der Waals surface area contributed by atoms with Crippen LogP contribution in [-0.2, 0) is 0 Å². The maximum absolute atomic E-state index is 7.36. The number of hydrogen-bond donors (Lipinski definition) is 2.